The summed E-state index contributed by atoms with van der Waals surface area (Å²) in [6, 6.07) is 0. The zero-order valence-electron chi connectivity index (χ0n) is 10.9. The van der Waals surface area contributed by atoms with Crippen molar-refractivity contribution in [2.75, 3.05) is 11.9 Å². The van der Waals surface area contributed by atoms with Gasteiger partial charge in [-0.05, 0) is 13.8 Å². The molecule has 0 amide bonds. The van der Waals surface area contributed by atoms with Crippen LogP contribution in [-0.2, 0) is 6.54 Å². The van der Waals surface area contributed by atoms with Crippen molar-refractivity contribution in [3.05, 3.63) is 18.6 Å². The summed E-state index contributed by atoms with van der Waals surface area (Å²) in [5, 5.41) is 10.9. The Morgan fingerprint density at radius 1 is 1.32 bits per heavy atom. The summed E-state index contributed by atoms with van der Waals surface area (Å²) in [5.41, 5.74) is 1.51. The lowest BCUT2D eigenvalue weighted by Gasteiger charge is -2.07. The second kappa shape index (κ2) is 4.68. The van der Waals surface area contributed by atoms with Crippen LogP contribution in [0.25, 0.3) is 22.6 Å². The molecule has 0 aromatic carbocycles. The molecular formula is C12H15N7. The second-order valence-corrected chi connectivity index (χ2v) is 4.10. The Morgan fingerprint density at radius 3 is 3.00 bits per heavy atom. The summed E-state index contributed by atoms with van der Waals surface area (Å²) >= 11 is 0. The summed E-state index contributed by atoms with van der Waals surface area (Å²) in [7, 11) is 0. The van der Waals surface area contributed by atoms with Gasteiger partial charge < -0.3 is 9.88 Å². The number of nitrogens with one attached hydrogen (secondary N) is 2. The number of fused-ring (bicyclic) bond motifs is 1. The number of hydrogen-bond acceptors (Lipinski definition) is 5. The highest BCUT2D eigenvalue weighted by atomic mass is 15.2. The molecule has 0 aliphatic rings. The van der Waals surface area contributed by atoms with E-state index in [0.29, 0.717) is 11.6 Å². The molecule has 3 heterocycles. The molecule has 7 heteroatoms. The largest absolute Gasteiger partial charge is 0.354 e. The Balaban J connectivity index is 2.23. The van der Waals surface area contributed by atoms with Gasteiger partial charge in [0, 0.05) is 25.5 Å². The SMILES string of the molecule is CCNc1nc(-c2nccn2CC)c2cn[nH]c2n1. The molecule has 0 atom stereocenters. The lowest BCUT2D eigenvalue weighted by molar-refractivity contribution is 0.768. The van der Waals surface area contributed by atoms with Gasteiger partial charge in [0.15, 0.2) is 11.5 Å². The predicted molar refractivity (Wildman–Crippen MR) is 72.7 cm³/mol. The van der Waals surface area contributed by atoms with Gasteiger partial charge in [0.1, 0.15) is 5.69 Å². The number of imidazole rings is 1. The molecule has 0 saturated carbocycles. The minimum atomic E-state index is 0.583. The molecule has 0 spiro atoms. The first kappa shape index (κ1) is 11.6. The van der Waals surface area contributed by atoms with Crippen LogP contribution in [0, 0.1) is 0 Å². The Kier molecular flexibility index (Phi) is 2.86. The first-order valence-electron chi connectivity index (χ1n) is 6.30. The van der Waals surface area contributed by atoms with E-state index in [1.165, 1.54) is 0 Å². The molecule has 3 aromatic heterocycles. The van der Waals surface area contributed by atoms with Crippen molar-refractivity contribution >= 4 is 17.0 Å². The maximum atomic E-state index is 4.55. The second-order valence-electron chi connectivity index (χ2n) is 4.10. The molecule has 0 unspecified atom stereocenters. The van der Waals surface area contributed by atoms with Crippen molar-refractivity contribution in [3.8, 4) is 11.5 Å². The maximum Gasteiger partial charge on any atom is 0.225 e. The van der Waals surface area contributed by atoms with E-state index in [2.05, 4.69) is 37.4 Å². The fourth-order valence-electron chi connectivity index (χ4n) is 2.02. The van der Waals surface area contributed by atoms with E-state index in [1.54, 1.807) is 12.4 Å². The number of H-pyrrole nitrogens is 1. The molecule has 0 radical (unpaired) electrons. The molecule has 3 aromatic rings. The predicted octanol–water partition coefficient (Wildman–Crippen LogP) is 1.67. The fourth-order valence-corrected chi connectivity index (χ4v) is 2.02. The number of nitrogens with zero attached hydrogens (tertiary/aromatic N) is 5. The fraction of sp³-hybridized carbons (Fsp3) is 0.333. The van der Waals surface area contributed by atoms with Gasteiger partial charge in [-0.1, -0.05) is 0 Å². The van der Waals surface area contributed by atoms with Gasteiger partial charge in [0.2, 0.25) is 5.95 Å². The van der Waals surface area contributed by atoms with Crippen LogP contribution in [0.2, 0.25) is 0 Å². The van der Waals surface area contributed by atoms with Crippen LogP contribution in [0.1, 0.15) is 13.8 Å². The van der Waals surface area contributed by atoms with Gasteiger partial charge in [-0.15, -0.1) is 0 Å². The Morgan fingerprint density at radius 2 is 2.21 bits per heavy atom. The van der Waals surface area contributed by atoms with Gasteiger partial charge in [-0.25, -0.2) is 9.97 Å². The average molecular weight is 257 g/mol. The van der Waals surface area contributed by atoms with Crippen molar-refractivity contribution in [1.82, 2.24) is 29.7 Å². The van der Waals surface area contributed by atoms with Crippen molar-refractivity contribution < 1.29 is 0 Å². The van der Waals surface area contributed by atoms with Crippen LogP contribution in [0.15, 0.2) is 18.6 Å². The molecule has 3 rings (SSSR count). The summed E-state index contributed by atoms with van der Waals surface area (Å²) in [6.45, 7) is 5.69. The van der Waals surface area contributed by atoms with E-state index in [1.807, 2.05) is 17.7 Å². The highest BCUT2D eigenvalue weighted by molar-refractivity contribution is 5.88. The van der Waals surface area contributed by atoms with Gasteiger partial charge in [0.25, 0.3) is 0 Å². The third-order valence-corrected chi connectivity index (χ3v) is 2.91. The highest BCUT2D eigenvalue weighted by Crippen LogP contribution is 2.24. The number of rotatable bonds is 4. The average Bonchev–Trinajstić information content (AvgIpc) is 3.06. The van der Waals surface area contributed by atoms with Crippen LogP contribution in [-0.4, -0.2) is 36.3 Å². The molecule has 0 aliphatic heterocycles. The number of aromatic amines is 1. The smallest absolute Gasteiger partial charge is 0.225 e. The third kappa shape index (κ3) is 1.92. The number of aryl methyl sites for hydroxylation is 1. The number of hydrogen-bond donors (Lipinski definition) is 2. The molecule has 0 aliphatic carbocycles. The molecule has 2 N–H and O–H groups in total. The maximum absolute atomic E-state index is 4.55. The van der Waals surface area contributed by atoms with Crippen molar-refractivity contribution in [2.24, 2.45) is 0 Å². The highest BCUT2D eigenvalue weighted by Gasteiger charge is 2.14. The first-order chi connectivity index (χ1) is 9.33. The van der Waals surface area contributed by atoms with Gasteiger partial charge >= 0.3 is 0 Å². The van der Waals surface area contributed by atoms with Crippen molar-refractivity contribution in [3.63, 3.8) is 0 Å². The standard InChI is InChI=1S/C12H15N7/c1-3-13-12-16-9(8-7-15-18-10(8)17-12)11-14-5-6-19(11)4-2/h5-7H,3-4H2,1-2H3,(H2,13,15,16,17,18). The lowest BCUT2D eigenvalue weighted by Crippen LogP contribution is -2.05. The van der Waals surface area contributed by atoms with Crippen molar-refractivity contribution in [2.45, 2.75) is 20.4 Å². The molecule has 19 heavy (non-hydrogen) atoms. The van der Waals surface area contributed by atoms with E-state index < -0.39 is 0 Å². The van der Waals surface area contributed by atoms with Crippen LogP contribution < -0.4 is 5.32 Å². The molecule has 7 nitrogen and oxygen atoms in total. The molecule has 98 valence electrons. The summed E-state index contributed by atoms with van der Waals surface area (Å²) < 4.78 is 2.05. The minimum Gasteiger partial charge on any atom is -0.354 e. The molecule has 0 saturated heterocycles. The minimum absolute atomic E-state index is 0.583. The van der Waals surface area contributed by atoms with E-state index >= 15 is 0 Å². The van der Waals surface area contributed by atoms with Gasteiger partial charge in [-0.3, -0.25) is 5.10 Å². The van der Waals surface area contributed by atoms with E-state index in [-0.39, 0.29) is 0 Å². The van der Waals surface area contributed by atoms with E-state index in [0.717, 1.165) is 30.0 Å². The van der Waals surface area contributed by atoms with Crippen LogP contribution >= 0.6 is 0 Å². The van der Waals surface area contributed by atoms with Crippen molar-refractivity contribution in [1.29, 1.82) is 0 Å². The molecule has 0 fully saturated rings. The third-order valence-electron chi connectivity index (χ3n) is 2.91. The Bertz CT molecular complexity index is 697. The summed E-state index contributed by atoms with van der Waals surface area (Å²) in [4.78, 5) is 13.3. The van der Waals surface area contributed by atoms with Crippen LogP contribution in [0.3, 0.4) is 0 Å². The van der Waals surface area contributed by atoms with Crippen LogP contribution in [0.4, 0.5) is 5.95 Å². The normalized spacial score (nSPS) is 11.1. The van der Waals surface area contributed by atoms with E-state index in [9.17, 15) is 0 Å². The first-order valence-corrected chi connectivity index (χ1v) is 6.30. The number of aromatic nitrogens is 6. The lowest BCUT2D eigenvalue weighted by atomic mass is 10.3. The Hall–Kier alpha value is -2.44. The Labute approximate surface area is 110 Å². The quantitative estimate of drug-likeness (QED) is 0.742. The number of anilines is 1. The monoisotopic (exact) mass is 257 g/mol. The zero-order valence-corrected chi connectivity index (χ0v) is 10.9. The van der Waals surface area contributed by atoms with Crippen LogP contribution in [0.5, 0.6) is 0 Å². The molecule has 0 bridgehead atoms. The van der Waals surface area contributed by atoms with Gasteiger partial charge in [0.05, 0.1) is 11.6 Å². The summed E-state index contributed by atoms with van der Waals surface area (Å²) in [5.74, 6) is 1.41. The summed E-state index contributed by atoms with van der Waals surface area (Å²) in [6.07, 6.45) is 5.45. The molecular weight excluding hydrogens is 242 g/mol. The topological polar surface area (TPSA) is 84.3 Å². The zero-order chi connectivity index (χ0) is 13.2. The van der Waals surface area contributed by atoms with Gasteiger partial charge in [-0.2, -0.15) is 10.1 Å². The van der Waals surface area contributed by atoms with E-state index in [4.69, 9.17) is 0 Å².